The Kier molecular flexibility index (Phi) is 10.5. The van der Waals surface area contributed by atoms with Crippen molar-refractivity contribution in [2.75, 3.05) is 6.54 Å². The molecule has 1 aliphatic rings. The van der Waals surface area contributed by atoms with Crippen molar-refractivity contribution >= 4 is 36.0 Å². The van der Waals surface area contributed by atoms with Gasteiger partial charge in [-0.1, -0.05) is 19.3 Å². The number of alkyl carbamates (subject to hydrolysis) is 1. The lowest BCUT2D eigenvalue weighted by Crippen LogP contribution is -2.55. The van der Waals surface area contributed by atoms with Gasteiger partial charge < -0.3 is 25.3 Å². The first-order chi connectivity index (χ1) is 14.0. The fourth-order valence-corrected chi connectivity index (χ4v) is 3.26. The standard InChI is InChI=1S/C21H39N7O2.HI/c1-15-26-27-17(28(15)7)13-22-18(24-16-11-9-8-10-12-16)23-14-21(5,6)25-19(29)30-20(2,3)4;/h16H,8-14H2,1-7H3,(H,25,29)(H2,22,23,24);1H. The average molecular weight is 550 g/mol. The summed E-state index contributed by atoms with van der Waals surface area (Å²) in [6, 6.07) is 0.410. The van der Waals surface area contributed by atoms with Crippen molar-refractivity contribution in [2.45, 2.75) is 97.4 Å². The minimum atomic E-state index is -0.531. The molecule has 0 bridgehead atoms. The molecular weight excluding hydrogens is 509 g/mol. The Labute approximate surface area is 203 Å². The molecule has 3 N–H and O–H groups in total. The topological polar surface area (TPSA) is 105 Å². The highest BCUT2D eigenvalue weighted by atomic mass is 127. The Morgan fingerprint density at radius 2 is 1.81 bits per heavy atom. The van der Waals surface area contributed by atoms with Crippen LogP contribution in [0.1, 0.15) is 78.4 Å². The molecule has 178 valence electrons. The van der Waals surface area contributed by atoms with Crippen molar-refractivity contribution in [2.24, 2.45) is 12.0 Å². The van der Waals surface area contributed by atoms with Gasteiger partial charge in [-0.05, 0) is 54.4 Å². The van der Waals surface area contributed by atoms with Crippen LogP contribution >= 0.6 is 24.0 Å². The van der Waals surface area contributed by atoms with Crippen molar-refractivity contribution in [3.8, 4) is 0 Å². The number of nitrogens with zero attached hydrogens (tertiary/aromatic N) is 4. The molecule has 0 radical (unpaired) electrons. The number of aromatic nitrogens is 3. The van der Waals surface area contributed by atoms with E-state index < -0.39 is 17.2 Å². The second-order valence-corrected chi connectivity index (χ2v) is 9.73. The number of guanidine groups is 1. The molecule has 1 heterocycles. The van der Waals surface area contributed by atoms with E-state index in [2.05, 4.69) is 26.1 Å². The quantitative estimate of drug-likeness (QED) is 0.286. The van der Waals surface area contributed by atoms with Crippen LogP contribution in [0.25, 0.3) is 0 Å². The number of hydrogen-bond acceptors (Lipinski definition) is 5. The number of carbonyl (C=O) groups excluding carboxylic acids is 1. The van der Waals surface area contributed by atoms with Crippen molar-refractivity contribution in [3.05, 3.63) is 11.6 Å². The van der Waals surface area contributed by atoms with Crippen LogP contribution in [0.2, 0.25) is 0 Å². The molecule has 1 fully saturated rings. The van der Waals surface area contributed by atoms with Gasteiger partial charge in [0.2, 0.25) is 0 Å². The van der Waals surface area contributed by atoms with Crippen LogP contribution in [0.4, 0.5) is 4.79 Å². The summed E-state index contributed by atoms with van der Waals surface area (Å²) >= 11 is 0. The molecule has 0 aromatic carbocycles. The van der Waals surface area contributed by atoms with Gasteiger partial charge in [0.05, 0.1) is 5.54 Å². The van der Waals surface area contributed by atoms with E-state index in [1.165, 1.54) is 19.3 Å². The maximum absolute atomic E-state index is 12.2. The molecule has 0 saturated heterocycles. The second kappa shape index (κ2) is 11.9. The lowest BCUT2D eigenvalue weighted by Gasteiger charge is -2.30. The number of nitrogens with one attached hydrogen (secondary N) is 3. The fraction of sp³-hybridized carbons (Fsp3) is 0.810. The van der Waals surface area contributed by atoms with Crippen LogP contribution in [0.5, 0.6) is 0 Å². The predicted molar refractivity (Wildman–Crippen MR) is 134 cm³/mol. The van der Waals surface area contributed by atoms with Crippen molar-refractivity contribution < 1.29 is 9.53 Å². The minimum Gasteiger partial charge on any atom is -0.444 e. The third-order valence-electron chi connectivity index (χ3n) is 5.04. The Morgan fingerprint density at radius 3 is 2.35 bits per heavy atom. The number of aliphatic imine (C=N–C) groups is 1. The highest BCUT2D eigenvalue weighted by molar-refractivity contribution is 14.0. The molecule has 0 aliphatic heterocycles. The van der Waals surface area contributed by atoms with E-state index in [-0.39, 0.29) is 24.0 Å². The molecule has 10 heteroatoms. The van der Waals surface area contributed by atoms with Gasteiger partial charge >= 0.3 is 6.09 Å². The molecule has 0 spiro atoms. The van der Waals surface area contributed by atoms with E-state index in [1.54, 1.807) is 0 Å². The summed E-state index contributed by atoms with van der Waals surface area (Å²) in [5.74, 6) is 2.39. The zero-order valence-electron chi connectivity index (χ0n) is 20.0. The van der Waals surface area contributed by atoms with Gasteiger partial charge in [0.15, 0.2) is 11.8 Å². The van der Waals surface area contributed by atoms with Crippen LogP contribution in [-0.4, -0.2) is 50.5 Å². The maximum atomic E-state index is 12.2. The van der Waals surface area contributed by atoms with Gasteiger partial charge in [-0.25, -0.2) is 9.79 Å². The third kappa shape index (κ3) is 10.0. The number of hydrogen-bond donors (Lipinski definition) is 3. The van der Waals surface area contributed by atoms with Crippen molar-refractivity contribution in [3.63, 3.8) is 0 Å². The van der Waals surface area contributed by atoms with Gasteiger partial charge in [-0.3, -0.25) is 0 Å². The number of carbonyl (C=O) groups is 1. The molecule has 2 rings (SSSR count). The van der Waals surface area contributed by atoms with Crippen LogP contribution in [-0.2, 0) is 18.3 Å². The normalized spacial score (nSPS) is 15.8. The number of ether oxygens (including phenoxy) is 1. The smallest absolute Gasteiger partial charge is 0.408 e. The van der Waals surface area contributed by atoms with E-state index in [0.29, 0.717) is 19.1 Å². The molecule has 1 aromatic rings. The maximum Gasteiger partial charge on any atom is 0.408 e. The van der Waals surface area contributed by atoms with E-state index in [4.69, 9.17) is 9.73 Å². The Hall–Kier alpha value is -1.59. The summed E-state index contributed by atoms with van der Waals surface area (Å²) < 4.78 is 7.32. The first-order valence-electron chi connectivity index (χ1n) is 10.9. The van der Waals surface area contributed by atoms with Crippen molar-refractivity contribution in [1.82, 2.24) is 30.7 Å². The Balaban J connectivity index is 0.00000480. The van der Waals surface area contributed by atoms with E-state index in [9.17, 15) is 4.79 Å². The highest BCUT2D eigenvalue weighted by Gasteiger charge is 2.25. The highest BCUT2D eigenvalue weighted by Crippen LogP contribution is 2.17. The summed E-state index contributed by atoms with van der Waals surface area (Å²) in [4.78, 5) is 16.9. The monoisotopic (exact) mass is 549 g/mol. The van der Waals surface area contributed by atoms with E-state index in [0.717, 1.165) is 30.5 Å². The summed E-state index contributed by atoms with van der Waals surface area (Å²) in [7, 11) is 1.94. The molecule has 1 amide bonds. The molecule has 9 nitrogen and oxygen atoms in total. The van der Waals surface area contributed by atoms with Gasteiger partial charge in [0.1, 0.15) is 18.0 Å². The van der Waals surface area contributed by atoms with Gasteiger partial charge in [0.25, 0.3) is 0 Å². The summed E-state index contributed by atoms with van der Waals surface area (Å²) in [5.41, 5.74) is -1.05. The molecule has 1 saturated carbocycles. The lowest BCUT2D eigenvalue weighted by atomic mass is 9.96. The molecule has 0 unspecified atom stereocenters. The zero-order chi connectivity index (χ0) is 22.4. The number of aryl methyl sites for hydroxylation is 1. The number of rotatable bonds is 6. The third-order valence-corrected chi connectivity index (χ3v) is 5.04. The Morgan fingerprint density at radius 1 is 1.16 bits per heavy atom. The van der Waals surface area contributed by atoms with Gasteiger partial charge in [-0.15, -0.1) is 34.2 Å². The largest absolute Gasteiger partial charge is 0.444 e. The fourth-order valence-electron chi connectivity index (χ4n) is 3.26. The van der Waals surface area contributed by atoms with E-state index in [1.807, 2.05) is 53.2 Å². The summed E-state index contributed by atoms with van der Waals surface area (Å²) in [5, 5.41) is 18.2. The predicted octanol–water partition coefficient (Wildman–Crippen LogP) is 3.41. The minimum absolute atomic E-state index is 0. The Bertz CT molecular complexity index is 735. The first-order valence-corrected chi connectivity index (χ1v) is 10.9. The van der Waals surface area contributed by atoms with Crippen LogP contribution in [0, 0.1) is 6.92 Å². The molecule has 1 aliphatic carbocycles. The second-order valence-electron chi connectivity index (χ2n) is 9.73. The SMILES string of the molecule is Cc1nnc(CN=C(NCC(C)(C)NC(=O)OC(C)(C)C)NC2CCCCC2)n1C.I. The van der Waals surface area contributed by atoms with Gasteiger partial charge in [-0.2, -0.15) is 0 Å². The van der Waals surface area contributed by atoms with Crippen LogP contribution in [0.3, 0.4) is 0 Å². The number of halogens is 1. The molecule has 0 atom stereocenters. The zero-order valence-corrected chi connectivity index (χ0v) is 22.4. The molecule has 1 aromatic heterocycles. The van der Waals surface area contributed by atoms with Crippen LogP contribution in [0.15, 0.2) is 4.99 Å². The van der Waals surface area contributed by atoms with Crippen LogP contribution < -0.4 is 16.0 Å². The summed E-state index contributed by atoms with van der Waals surface area (Å²) in [6.07, 6.45) is 5.62. The van der Waals surface area contributed by atoms with E-state index >= 15 is 0 Å². The lowest BCUT2D eigenvalue weighted by molar-refractivity contribution is 0.0474. The molecule has 31 heavy (non-hydrogen) atoms. The van der Waals surface area contributed by atoms with Gasteiger partial charge in [0, 0.05) is 19.6 Å². The van der Waals surface area contributed by atoms with Crippen molar-refractivity contribution in [1.29, 1.82) is 0 Å². The number of amides is 1. The summed E-state index contributed by atoms with van der Waals surface area (Å²) in [6.45, 7) is 12.3. The average Bonchev–Trinajstić information content (AvgIpc) is 2.94. The molecular formula is C21H40IN7O2. The first kappa shape index (κ1) is 27.4.